The van der Waals surface area contributed by atoms with Crippen LogP contribution in [0.1, 0.15) is 49.6 Å². The Labute approximate surface area is 120 Å². The summed E-state index contributed by atoms with van der Waals surface area (Å²) in [6.45, 7) is 5.66. The van der Waals surface area contributed by atoms with Gasteiger partial charge in [0.15, 0.2) is 0 Å². The molecule has 5 nitrogen and oxygen atoms in total. The van der Waals surface area contributed by atoms with Crippen molar-refractivity contribution in [2.24, 2.45) is 0 Å². The van der Waals surface area contributed by atoms with Crippen molar-refractivity contribution in [3.8, 4) is 0 Å². The summed E-state index contributed by atoms with van der Waals surface area (Å²) >= 11 is 0. The van der Waals surface area contributed by atoms with Crippen LogP contribution in [0.15, 0.2) is 18.3 Å². The van der Waals surface area contributed by atoms with Crippen LogP contribution in [0.25, 0.3) is 0 Å². The number of nitrogens with zero attached hydrogens (tertiary/aromatic N) is 1. The highest BCUT2D eigenvalue weighted by atomic mass is 16.3. The third-order valence-electron chi connectivity index (χ3n) is 3.79. The first kappa shape index (κ1) is 15.1. The average Bonchev–Trinajstić information content (AvgIpc) is 2.87. The fraction of sp³-hybridized carbons (Fsp3) is 0.667. The summed E-state index contributed by atoms with van der Waals surface area (Å²) in [6, 6.07) is 4.17. The first-order valence-corrected chi connectivity index (χ1v) is 7.44. The van der Waals surface area contributed by atoms with Crippen LogP contribution in [0.3, 0.4) is 0 Å². The molecule has 1 saturated heterocycles. The molecule has 0 spiro atoms. The van der Waals surface area contributed by atoms with Crippen molar-refractivity contribution < 1.29 is 9.90 Å². The molecule has 1 aliphatic heterocycles. The van der Waals surface area contributed by atoms with Crippen molar-refractivity contribution in [3.05, 3.63) is 24.0 Å². The monoisotopic (exact) mass is 279 g/mol. The third-order valence-corrected chi connectivity index (χ3v) is 3.79. The van der Waals surface area contributed by atoms with Gasteiger partial charge in [-0.2, -0.15) is 0 Å². The fourth-order valence-corrected chi connectivity index (χ4v) is 2.86. The number of nitrogens with one attached hydrogen (secondary N) is 2. The number of carbonyl (C=O) groups excluding carboxylic acids is 1. The molecule has 112 valence electrons. The molecule has 0 saturated carbocycles. The molecule has 2 rings (SSSR count). The molecule has 1 aromatic heterocycles. The van der Waals surface area contributed by atoms with Gasteiger partial charge in [0, 0.05) is 18.3 Å². The van der Waals surface area contributed by atoms with Gasteiger partial charge in [-0.3, -0.25) is 4.79 Å². The van der Waals surface area contributed by atoms with Gasteiger partial charge in [0.2, 0.25) is 0 Å². The van der Waals surface area contributed by atoms with Gasteiger partial charge in [0.05, 0.1) is 6.10 Å². The zero-order chi connectivity index (χ0) is 14.5. The Balaban J connectivity index is 2.01. The molecule has 3 N–H and O–H groups in total. The van der Waals surface area contributed by atoms with Crippen LogP contribution in [0, 0.1) is 0 Å². The molecule has 0 radical (unpaired) electrons. The van der Waals surface area contributed by atoms with E-state index in [0.29, 0.717) is 18.2 Å². The number of hydrogen-bond acceptors (Lipinski definition) is 3. The molecule has 0 bridgehead atoms. The molecule has 1 aliphatic rings. The molecule has 1 aromatic rings. The number of hydrogen-bond donors (Lipinski definition) is 3. The van der Waals surface area contributed by atoms with E-state index < -0.39 is 6.10 Å². The SMILES string of the molecule is CC(O)CC(C)NC(=O)c1cccn1C1CCNCC1. The lowest BCUT2D eigenvalue weighted by Crippen LogP contribution is -2.37. The Hall–Kier alpha value is -1.33. The van der Waals surface area contributed by atoms with Crippen molar-refractivity contribution in [1.82, 2.24) is 15.2 Å². The minimum absolute atomic E-state index is 0.0288. The highest BCUT2D eigenvalue weighted by Gasteiger charge is 2.20. The Morgan fingerprint density at radius 2 is 2.20 bits per heavy atom. The van der Waals surface area contributed by atoms with E-state index >= 15 is 0 Å². The predicted octanol–water partition coefficient (Wildman–Crippen LogP) is 1.30. The second-order valence-electron chi connectivity index (χ2n) is 5.74. The summed E-state index contributed by atoms with van der Waals surface area (Å²) in [5.74, 6) is -0.0540. The van der Waals surface area contributed by atoms with Gasteiger partial charge in [-0.25, -0.2) is 0 Å². The lowest BCUT2D eigenvalue weighted by atomic mass is 10.1. The Morgan fingerprint density at radius 1 is 1.50 bits per heavy atom. The minimum atomic E-state index is -0.401. The standard InChI is InChI=1S/C15H25N3O2/c1-11(10-12(2)19)17-15(20)14-4-3-9-18(14)13-5-7-16-8-6-13/h3-4,9,11-13,16,19H,5-8,10H2,1-2H3,(H,17,20). The molecule has 1 amide bonds. The number of aromatic nitrogens is 1. The van der Waals surface area contributed by atoms with Crippen LogP contribution in [0.5, 0.6) is 0 Å². The lowest BCUT2D eigenvalue weighted by Gasteiger charge is -2.26. The average molecular weight is 279 g/mol. The number of amides is 1. The number of carbonyl (C=O) groups is 1. The van der Waals surface area contributed by atoms with Crippen LogP contribution >= 0.6 is 0 Å². The first-order chi connectivity index (χ1) is 9.58. The van der Waals surface area contributed by atoms with Crippen LogP contribution in [-0.2, 0) is 0 Å². The summed E-state index contributed by atoms with van der Waals surface area (Å²) in [5.41, 5.74) is 0.717. The topological polar surface area (TPSA) is 66.3 Å². The maximum Gasteiger partial charge on any atom is 0.268 e. The van der Waals surface area contributed by atoms with Crippen LogP contribution in [0.4, 0.5) is 0 Å². The zero-order valence-electron chi connectivity index (χ0n) is 12.3. The molecule has 5 heteroatoms. The summed E-state index contributed by atoms with van der Waals surface area (Å²) in [7, 11) is 0. The van der Waals surface area contributed by atoms with Gasteiger partial charge in [-0.05, 0) is 58.3 Å². The van der Waals surface area contributed by atoms with Crippen LogP contribution < -0.4 is 10.6 Å². The maximum absolute atomic E-state index is 12.3. The largest absolute Gasteiger partial charge is 0.393 e. The quantitative estimate of drug-likeness (QED) is 0.761. The number of piperidine rings is 1. The Bertz CT molecular complexity index is 436. The zero-order valence-corrected chi connectivity index (χ0v) is 12.3. The second kappa shape index (κ2) is 6.90. The van der Waals surface area contributed by atoms with Gasteiger partial charge in [0.1, 0.15) is 5.69 Å². The molecule has 2 unspecified atom stereocenters. The molecule has 2 atom stereocenters. The smallest absolute Gasteiger partial charge is 0.268 e. The van der Waals surface area contributed by atoms with E-state index in [9.17, 15) is 9.90 Å². The van der Waals surface area contributed by atoms with Crippen molar-refractivity contribution >= 4 is 5.91 Å². The molecule has 0 aliphatic carbocycles. The highest BCUT2D eigenvalue weighted by Crippen LogP contribution is 2.21. The fourth-order valence-electron chi connectivity index (χ4n) is 2.86. The van der Waals surface area contributed by atoms with Crippen molar-refractivity contribution in [3.63, 3.8) is 0 Å². The lowest BCUT2D eigenvalue weighted by molar-refractivity contribution is 0.0910. The van der Waals surface area contributed by atoms with E-state index in [1.54, 1.807) is 6.92 Å². The number of aliphatic hydroxyl groups excluding tert-OH is 1. The van der Waals surface area contributed by atoms with E-state index in [-0.39, 0.29) is 11.9 Å². The van der Waals surface area contributed by atoms with Gasteiger partial charge in [0.25, 0.3) is 5.91 Å². The first-order valence-electron chi connectivity index (χ1n) is 7.44. The molecule has 1 fully saturated rings. The van der Waals surface area contributed by atoms with Gasteiger partial charge in [-0.1, -0.05) is 0 Å². The van der Waals surface area contributed by atoms with Gasteiger partial charge >= 0.3 is 0 Å². The van der Waals surface area contributed by atoms with E-state index in [1.807, 2.05) is 25.3 Å². The summed E-state index contributed by atoms with van der Waals surface area (Å²) in [4.78, 5) is 12.3. The third kappa shape index (κ3) is 3.84. The number of rotatable bonds is 5. The van der Waals surface area contributed by atoms with Crippen molar-refractivity contribution in [2.75, 3.05) is 13.1 Å². The second-order valence-corrected chi connectivity index (χ2v) is 5.74. The normalized spacial score (nSPS) is 19.6. The van der Waals surface area contributed by atoms with Gasteiger partial charge in [-0.15, -0.1) is 0 Å². The van der Waals surface area contributed by atoms with E-state index in [2.05, 4.69) is 15.2 Å². The minimum Gasteiger partial charge on any atom is -0.393 e. The van der Waals surface area contributed by atoms with E-state index in [4.69, 9.17) is 0 Å². The molecule has 20 heavy (non-hydrogen) atoms. The summed E-state index contributed by atoms with van der Waals surface area (Å²) in [5, 5.41) is 15.7. The number of aliphatic hydroxyl groups is 1. The predicted molar refractivity (Wildman–Crippen MR) is 78.8 cm³/mol. The highest BCUT2D eigenvalue weighted by molar-refractivity contribution is 5.93. The van der Waals surface area contributed by atoms with Gasteiger partial charge < -0.3 is 20.3 Å². The van der Waals surface area contributed by atoms with E-state index in [0.717, 1.165) is 25.9 Å². The van der Waals surface area contributed by atoms with Crippen molar-refractivity contribution in [2.45, 2.75) is 51.3 Å². The molecular formula is C15H25N3O2. The summed E-state index contributed by atoms with van der Waals surface area (Å²) < 4.78 is 2.09. The molecular weight excluding hydrogens is 254 g/mol. The Kier molecular flexibility index (Phi) is 5.20. The van der Waals surface area contributed by atoms with Crippen LogP contribution in [0.2, 0.25) is 0 Å². The van der Waals surface area contributed by atoms with E-state index in [1.165, 1.54) is 0 Å². The molecule has 2 heterocycles. The summed E-state index contributed by atoms with van der Waals surface area (Å²) in [6.07, 6.45) is 4.27. The molecule has 0 aromatic carbocycles. The maximum atomic E-state index is 12.3. The Morgan fingerprint density at radius 3 is 2.85 bits per heavy atom. The van der Waals surface area contributed by atoms with Crippen molar-refractivity contribution in [1.29, 1.82) is 0 Å². The van der Waals surface area contributed by atoms with Crippen LogP contribution in [-0.4, -0.2) is 40.8 Å².